The van der Waals surface area contributed by atoms with Gasteiger partial charge in [0.05, 0.1) is 5.60 Å². The van der Waals surface area contributed by atoms with E-state index in [9.17, 15) is 0 Å². The predicted molar refractivity (Wildman–Crippen MR) is 62.8 cm³/mol. The van der Waals surface area contributed by atoms with E-state index in [4.69, 9.17) is 10.5 Å². The normalized spacial score (nSPS) is 35.6. The summed E-state index contributed by atoms with van der Waals surface area (Å²) in [5.74, 6) is 0.870. The Morgan fingerprint density at radius 2 is 2.00 bits per heavy atom. The Hall–Kier alpha value is -0.0800. The summed E-state index contributed by atoms with van der Waals surface area (Å²) in [6.07, 6.45) is 10.6. The lowest BCUT2D eigenvalue weighted by Gasteiger charge is -2.34. The zero-order valence-corrected chi connectivity index (χ0v) is 10.0. The van der Waals surface area contributed by atoms with E-state index in [1.165, 1.54) is 44.9 Å². The van der Waals surface area contributed by atoms with E-state index >= 15 is 0 Å². The molecule has 2 unspecified atom stereocenters. The van der Waals surface area contributed by atoms with Crippen LogP contribution in [0.2, 0.25) is 0 Å². The van der Waals surface area contributed by atoms with Gasteiger partial charge in [0.2, 0.25) is 0 Å². The fourth-order valence-electron chi connectivity index (χ4n) is 3.12. The van der Waals surface area contributed by atoms with E-state index in [0.717, 1.165) is 18.9 Å². The molecule has 0 aromatic heterocycles. The molecule has 0 aromatic carbocycles. The third-order valence-electron chi connectivity index (χ3n) is 4.35. The summed E-state index contributed by atoms with van der Waals surface area (Å²) in [5.41, 5.74) is 6.30. The van der Waals surface area contributed by atoms with Crippen LogP contribution in [0.4, 0.5) is 0 Å². The molecular formula is C13H25NO. The SMILES string of the molecule is CC1(C(N)CC2CCCCC2)CCCO1. The Kier molecular flexibility index (Phi) is 3.68. The molecule has 1 aliphatic carbocycles. The molecule has 2 nitrogen and oxygen atoms in total. The summed E-state index contributed by atoms with van der Waals surface area (Å²) < 4.78 is 5.82. The minimum Gasteiger partial charge on any atom is -0.374 e. The summed E-state index contributed by atoms with van der Waals surface area (Å²) in [6.45, 7) is 3.11. The lowest BCUT2D eigenvalue weighted by molar-refractivity contribution is -0.00833. The van der Waals surface area contributed by atoms with E-state index in [-0.39, 0.29) is 11.6 Å². The molecule has 1 heterocycles. The fourth-order valence-corrected chi connectivity index (χ4v) is 3.12. The van der Waals surface area contributed by atoms with Gasteiger partial charge in [0.1, 0.15) is 0 Å². The summed E-state index contributed by atoms with van der Waals surface area (Å²) in [6, 6.07) is 0.253. The number of rotatable bonds is 3. The summed E-state index contributed by atoms with van der Waals surface area (Å²) >= 11 is 0. The second-order valence-electron chi connectivity index (χ2n) is 5.61. The van der Waals surface area contributed by atoms with E-state index in [1.54, 1.807) is 0 Å². The van der Waals surface area contributed by atoms with Crippen molar-refractivity contribution >= 4 is 0 Å². The Morgan fingerprint density at radius 3 is 2.60 bits per heavy atom. The topological polar surface area (TPSA) is 35.2 Å². The van der Waals surface area contributed by atoms with Crippen LogP contribution in [-0.2, 0) is 4.74 Å². The van der Waals surface area contributed by atoms with Crippen LogP contribution in [0.1, 0.15) is 58.3 Å². The van der Waals surface area contributed by atoms with Gasteiger partial charge in [-0.15, -0.1) is 0 Å². The highest BCUT2D eigenvalue weighted by Gasteiger charge is 2.37. The average molecular weight is 211 g/mol. The van der Waals surface area contributed by atoms with Crippen LogP contribution in [0.15, 0.2) is 0 Å². The first-order valence-corrected chi connectivity index (χ1v) is 6.60. The highest BCUT2D eigenvalue weighted by molar-refractivity contribution is 4.91. The van der Waals surface area contributed by atoms with Crippen molar-refractivity contribution in [3.63, 3.8) is 0 Å². The minimum atomic E-state index is -0.0164. The van der Waals surface area contributed by atoms with Gasteiger partial charge in [0, 0.05) is 12.6 Å². The minimum absolute atomic E-state index is 0.0164. The van der Waals surface area contributed by atoms with Crippen molar-refractivity contribution in [3.05, 3.63) is 0 Å². The third kappa shape index (κ3) is 2.73. The van der Waals surface area contributed by atoms with Gasteiger partial charge in [-0.1, -0.05) is 32.1 Å². The number of nitrogens with two attached hydrogens (primary N) is 1. The molecule has 2 N–H and O–H groups in total. The lowest BCUT2D eigenvalue weighted by atomic mass is 9.80. The van der Waals surface area contributed by atoms with Crippen molar-refractivity contribution in [1.29, 1.82) is 0 Å². The highest BCUT2D eigenvalue weighted by atomic mass is 16.5. The fraction of sp³-hybridized carbons (Fsp3) is 1.00. The molecule has 0 spiro atoms. The molecule has 0 aromatic rings. The molecule has 1 saturated heterocycles. The molecular weight excluding hydrogens is 186 g/mol. The van der Waals surface area contributed by atoms with Crippen LogP contribution in [0.25, 0.3) is 0 Å². The van der Waals surface area contributed by atoms with Gasteiger partial charge in [0.15, 0.2) is 0 Å². The van der Waals surface area contributed by atoms with Gasteiger partial charge < -0.3 is 10.5 Å². The van der Waals surface area contributed by atoms with Crippen molar-refractivity contribution < 1.29 is 4.74 Å². The Labute approximate surface area is 93.6 Å². The van der Waals surface area contributed by atoms with Crippen molar-refractivity contribution in [3.8, 4) is 0 Å². The second-order valence-corrected chi connectivity index (χ2v) is 5.61. The van der Waals surface area contributed by atoms with Crippen LogP contribution in [-0.4, -0.2) is 18.2 Å². The van der Waals surface area contributed by atoms with Crippen molar-refractivity contribution in [2.24, 2.45) is 11.7 Å². The summed E-state index contributed by atoms with van der Waals surface area (Å²) in [7, 11) is 0. The molecule has 1 saturated carbocycles. The van der Waals surface area contributed by atoms with Crippen molar-refractivity contribution in [2.75, 3.05) is 6.61 Å². The van der Waals surface area contributed by atoms with Crippen LogP contribution < -0.4 is 5.73 Å². The molecule has 0 bridgehead atoms. The molecule has 15 heavy (non-hydrogen) atoms. The molecule has 2 heteroatoms. The number of hydrogen-bond donors (Lipinski definition) is 1. The maximum atomic E-state index is 6.32. The highest BCUT2D eigenvalue weighted by Crippen LogP contribution is 2.34. The first-order chi connectivity index (χ1) is 7.21. The van der Waals surface area contributed by atoms with Gasteiger partial charge in [0.25, 0.3) is 0 Å². The zero-order valence-electron chi connectivity index (χ0n) is 10.0. The smallest absolute Gasteiger partial charge is 0.0805 e. The van der Waals surface area contributed by atoms with Gasteiger partial charge >= 0.3 is 0 Å². The molecule has 2 atom stereocenters. The van der Waals surface area contributed by atoms with Crippen molar-refractivity contribution in [1.82, 2.24) is 0 Å². The monoisotopic (exact) mass is 211 g/mol. The maximum absolute atomic E-state index is 6.32. The van der Waals surface area contributed by atoms with Gasteiger partial charge in [-0.05, 0) is 32.1 Å². The maximum Gasteiger partial charge on any atom is 0.0805 e. The second kappa shape index (κ2) is 4.84. The summed E-state index contributed by atoms with van der Waals surface area (Å²) in [5, 5.41) is 0. The Morgan fingerprint density at radius 1 is 1.27 bits per heavy atom. The molecule has 2 fully saturated rings. The first-order valence-electron chi connectivity index (χ1n) is 6.60. The average Bonchev–Trinajstić information content (AvgIpc) is 2.68. The molecule has 88 valence electrons. The number of hydrogen-bond acceptors (Lipinski definition) is 2. The van der Waals surface area contributed by atoms with Crippen LogP contribution >= 0.6 is 0 Å². The van der Waals surface area contributed by atoms with E-state index in [2.05, 4.69) is 6.92 Å². The molecule has 0 radical (unpaired) electrons. The quantitative estimate of drug-likeness (QED) is 0.779. The zero-order chi connectivity index (χ0) is 10.7. The van der Waals surface area contributed by atoms with E-state index < -0.39 is 0 Å². The molecule has 2 aliphatic rings. The van der Waals surface area contributed by atoms with Crippen LogP contribution in [0.3, 0.4) is 0 Å². The van der Waals surface area contributed by atoms with Crippen molar-refractivity contribution in [2.45, 2.75) is 69.9 Å². The van der Waals surface area contributed by atoms with E-state index in [1.807, 2.05) is 0 Å². The standard InChI is InChI=1S/C13H25NO/c1-13(8-5-9-15-13)12(14)10-11-6-3-2-4-7-11/h11-12H,2-10,14H2,1H3. The molecule has 0 amide bonds. The molecule has 1 aliphatic heterocycles. The van der Waals surface area contributed by atoms with E-state index in [0.29, 0.717) is 0 Å². The third-order valence-corrected chi connectivity index (χ3v) is 4.35. The largest absolute Gasteiger partial charge is 0.374 e. The Balaban J connectivity index is 1.82. The Bertz CT molecular complexity index is 193. The van der Waals surface area contributed by atoms with Crippen LogP contribution in [0.5, 0.6) is 0 Å². The predicted octanol–water partition coefficient (Wildman–Crippen LogP) is 2.85. The van der Waals surface area contributed by atoms with Gasteiger partial charge in [-0.25, -0.2) is 0 Å². The van der Waals surface area contributed by atoms with Gasteiger partial charge in [-0.2, -0.15) is 0 Å². The van der Waals surface area contributed by atoms with Crippen LogP contribution in [0, 0.1) is 5.92 Å². The first kappa shape index (κ1) is 11.4. The lowest BCUT2D eigenvalue weighted by Crippen LogP contribution is -2.46. The van der Waals surface area contributed by atoms with Gasteiger partial charge in [-0.3, -0.25) is 0 Å². The summed E-state index contributed by atoms with van der Waals surface area (Å²) in [4.78, 5) is 0. The molecule has 2 rings (SSSR count). The number of ether oxygens (including phenoxy) is 1.